The Bertz CT molecular complexity index is 930. The molecule has 0 aliphatic carbocycles. The minimum atomic E-state index is -0.957. The smallest absolute Gasteiger partial charge is 0.416 e. The number of anilines is 1. The molecule has 0 bridgehead atoms. The molecule has 1 aliphatic heterocycles. The summed E-state index contributed by atoms with van der Waals surface area (Å²) in [6.45, 7) is 6.05. The molecule has 0 fully saturated rings. The summed E-state index contributed by atoms with van der Waals surface area (Å²) in [5.74, 6) is -0.371. The highest BCUT2D eigenvalue weighted by molar-refractivity contribution is 5.93. The van der Waals surface area contributed by atoms with Gasteiger partial charge in [-0.1, -0.05) is 30.3 Å². The van der Waals surface area contributed by atoms with Crippen molar-refractivity contribution in [1.29, 1.82) is 0 Å². The van der Waals surface area contributed by atoms with Crippen LogP contribution in [0.3, 0.4) is 0 Å². The van der Waals surface area contributed by atoms with Crippen LogP contribution in [0, 0.1) is 0 Å². The largest absolute Gasteiger partial charge is 0.478 e. The minimum Gasteiger partial charge on any atom is -0.478 e. The summed E-state index contributed by atoms with van der Waals surface area (Å²) in [6, 6.07) is 11.4. The van der Waals surface area contributed by atoms with E-state index < -0.39 is 17.7 Å². The molecule has 1 aliphatic rings. The zero-order chi connectivity index (χ0) is 21.0. The number of ether oxygens (including phenoxy) is 1. The van der Waals surface area contributed by atoms with Gasteiger partial charge in [0.2, 0.25) is 0 Å². The second-order valence-electron chi connectivity index (χ2n) is 8.12. The fourth-order valence-corrected chi connectivity index (χ4v) is 3.26. The van der Waals surface area contributed by atoms with E-state index in [-0.39, 0.29) is 5.57 Å². The lowest BCUT2D eigenvalue weighted by Crippen LogP contribution is -2.40. The number of carbonyl (C=O) groups excluding carboxylic acids is 1. The number of carbonyl (C=O) groups is 2. The zero-order valence-electron chi connectivity index (χ0n) is 17.0. The molecular weight excluding hydrogens is 368 g/mol. The van der Waals surface area contributed by atoms with Crippen LogP contribution >= 0.6 is 0 Å². The number of carboxylic acid groups (broad SMARTS) is 1. The van der Waals surface area contributed by atoms with Crippen molar-refractivity contribution >= 4 is 24.0 Å². The predicted octanol–water partition coefficient (Wildman–Crippen LogP) is 4.48. The van der Waals surface area contributed by atoms with Gasteiger partial charge in [-0.3, -0.25) is 4.90 Å². The summed E-state index contributed by atoms with van der Waals surface area (Å²) >= 11 is 0. The molecule has 2 aromatic rings. The molecule has 6 nitrogen and oxygen atoms in total. The normalized spacial score (nSPS) is 14.3. The van der Waals surface area contributed by atoms with Crippen molar-refractivity contribution in [3.63, 3.8) is 0 Å². The monoisotopic (exact) mass is 394 g/mol. The first-order chi connectivity index (χ1) is 13.7. The van der Waals surface area contributed by atoms with Crippen LogP contribution in [0.2, 0.25) is 0 Å². The van der Waals surface area contributed by atoms with Crippen molar-refractivity contribution < 1.29 is 19.4 Å². The molecule has 2 heterocycles. The Morgan fingerprint density at radius 3 is 2.62 bits per heavy atom. The average molecular weight is 394 g/mol. The number of aromatic nitrogens is 1. The number of fused-ring (bicyclic) bond motifs is 1. The van der Waals surface area contributed by atoms with Gasteiger partial charge in [0, 0.05) is 24.7 Å². The fourth-order valence-electron chi connectivity index (χ4n) is 3.26. The average Bonchev–Trinajstić information content (AvgIpc) is 2.66. The summed E-state index contributed by atoms with van der Waals surface area (Å²) in [5.41, 5.74) is 2.27. The Morgan fingerprint density at radius 2 is 1.97 bits per heavy atom. The van der Waals surface area contributed by atoms with Crippen LogP contribution in [-0.4, -0.2) is 34.3 Å². The fraction of sp³-hybridized carbons (Fsp3) is 0.348. The van der Waals surface area contributed by atoms with Crippen molar-refractivity contribution in [1.82, 2.24) is 4.98 Å². The first kappa shape index (κ1) is 20.6. The summed E-state index contributed by atoms with van der Waals surface area (Å²) in [4.78, 5) is 30.2. The van der Waals surface area contributed by atoms with Crippen LogP contribution < -0.4 is 4.90 Å². The lowest BCUT2D eigenvalue weighted by molar-refractivity contribution is -0.132. The minimum absolute atomic E-state index is 0.290. The molecule has 3 rings (SSSR count). The van der Waals surface area contributed by atoms with Crippen LogP contribution in [0.5, 0.6) is 0 Å². The van der Waals surface area contributed by atoms with Gasteiger partial charge in [0.15, 0.2) is 0 Å². The molecule has 0 unspecified atom stereocenters. The third kappa shape index (κ3) is 5.44. The molecular formula is C23H26N2O4. The highest BCUT2D eigenvalue weighted by Crippen LogP contribution is 2.28. The molecule has 1 aromatic carbocycles. The number of amides is 1. The molecule has 6 heteroatoms. The number of hydrogen-bond acceptors (Lipinski definition) is 4. The van der Waals surface area contributed by atoms with Crippen molar-refractivity contribution in [3.05, 3.63) is 64.9 Å². The number of aryl methyl sites for hydroxylation is 1. The first-order valence-electron chi connectivity index (χ1n) is 9.70. The summed E-state index contributed by atoms with van der Waals surface area (Å²) < 4.78 is 5.48. The lowest BCUT2D eigenvalue weighted by atomic mass is 10.0. The van der Waals surface area contributed by atoms with Crippen LogP contribution in [0.15, 0.2) is 48.2 Å². The standard InChI is InChI=1S/C23H26N2O4/c1-23(2,3)29-22(28)25-11-7-10-18-13-17(15-24-20(18)25)14-19(21(26)27)12-16-8-5-4-6-9-16/h4-6,8-9,13-15H,7,10-12H2,1-3H3,(H,26,27)/b19-14+. The Kier molecular flexibility index (Phi) is 6.01. The van der Waals surface area contributed by atoms with Gasteiger partial charge in [-0.2, -0.15) is 0 Å². The van der Waals surface area contributed by atoms with Crippen LogP contribution in [0.4, 0.5) is 10.6 Å². The summed E-state index contributed by atoms with van der Waals surface area (Å²) in [7, 11) is 0. The number of nitrogens with zero attached hydrogens (tertiary/aromatic N) is 2. The number of rotatable bonds is 4. The molecule has 1 amide bonds. The van der Waals surface area contributed by atoms with E-state index in [1.54, 1.807) is 17.2 Å². The molecule has 0 radical (unpaired) electrons. The van der Waals surface area contributed by atoms with Crippen molar-refractivity contribution in [2.45, 2.75) is 45.6 Å². The second-order valence-corrected chi connectivity index (χ2v) is 8.12. The molecule has 1 aromatic heterocycles. The van der Waals surface area contributed by atoms with Gasteiger partial charge in [-0.25, -0.2) is 14.6 Å². The third-order valence-electron chi connectivity index (χ3n) is 4.51. The van der Waals surface area contributed by atoms with E-state index in [2.05, 4.69) is 4.98 Å². The number of aliphatic carboxylic acids is 1. The molecule has 0 saturated heterocycles. The van der Waals surface area contributed by atoms with E-state index in [0.717, 1.165) is 24.0 Å². The third-order valence-corrected chi connectivity index (χ3v) is 4.51. The highest BCUT2D eigenvalue weighted by Gasteiger charge is 2.28. The van der Waals surface area contributed by atoms with E-state index in [0.29, 0.717) is 24.3 Å². The first-order valence-corrected chi connectivity index (χ1v) is 9.70. The summed E-state index contributed by atoms with van der Waals surface area (Å²) in [6.07, 6.45) is 4.76. The summed E-state index contributed by atoms with van der Waals surface area (Å²) in [5, 5.41) is 9.60. The van der Waals surface area contributed by atoms with E-state index in [4.69, 9.17) is 4.74 Å². The Hall–Kier alpha value is -3.15. The SMILES string of the molecule is CC(C)(C)OC(=O)N1CCCc2cc(/C=C(\Cc3ccccc3)C(=O)O)cnc21. The van der Waals surface area contributed by atoms with Crippen LogP contribution in [0.1, 0.15) is 43.9 Å². The maximum atomic E-state index is 12.5. The molecule has 0 spiro atoms. The quantitative estimate of drug-likeness (QED) is 0.774. The van der Waals surface area contributed by atoms with Crippen molar-refractivity contribution in [2.75, 3.05) is 11.4 Å². The van der Waals surface area contributed by atoms with Gasteiger partial charge in [0.05, 0.1) is 0 Å². The zero-order valence-corrected chi connectivity index (χ0v) is 17.0. The van der Waals surface area contributed by atoms with Crippen LogP contribution in [0.25, 0.3) is 6.08 Å². The maximum absolute atomic E-state index is 12.5. The predicted molar refractivity (Wildman–Crippen MR) is 112 cm³/mol. The molecule has 152 valence electrons. The van der Waals surface area contributed by atoms with E-state index in [1.807, 2.05) is 57.2 Å². The number of benzene rings is 1. The van der Waals surface area contributed by atoms with Gasteiger partial charge < -0.3 is 9.84 Å². The molecule has 29 heavy (non-hydrogen) atoms. The Labute approximate surface area is 170 Å². The van der Waals surface area contributed by atoms with Gasteiger partial charge in [0.1, 0.15) is 11.4 Å². The molecule has 1 N–H and O–H groups in total. The Morgan fingerprint density at radius 1 is 1.24 bits per heavy atom. The number of carboxylic acids is 1. The van der Waals surface area contributed by atoms with Gasteiger partial charge >= 0.3 is 12.1 Å². The van der Waals surface area contributed by atoms with E-state index >= 15 is 0 Å². The van der Waals surface area contributed by atoms with Gasteiger partial charge in [-0.05, 0) is 62.4 Å². The maximum Gasteiger partial charge on any atom is 0.416 e. The highest BCUT2D eigenvalue weighted by atomic mass is 16.6. The Balaban J connectivity index is 1.86. The van der Waals surface area contributed by atoms with Crippen molar-refractivity contribution in [2.24, 2.45) is 0 Å². The lowest BCUT2D eigenvalue weighted by Gasteiger charge is -2.30. The van der Waals surface area contributed by atoms with Crippen LogP contribution in [-0.2, 0) is 22.4 Å². The number of hydrogen-bond donors (Lipinski definition) is 1. The van der Waals surface area contributed by atoms with E-state index in [9.17, 15) is 14.7 Å². The van der Waals surface area contributed by atoms with Gasteiger partial charge in [-0.15, -0.1) is 0 Å². The molecule has 0 atom stereocenters. The number of pyridine rings is 1. The topological polar surface area (TPSA) is 79.7 Å². The molecule has 0 saturated carbocycles. The van der Waals surface area contributed by atoms with Gasteiger partial charge in [0.25, 0.3) is 0 Å². The van der Waals surface area contributed by atoms with E-state index in [1.165, 1.54) is 0 Å². The second kappa shape index (κ2) is 8.47. The van der Waals surface area contributed by atoms with Crippen molar-refractivity contribution in [3.8, 4) is 0 Å².